The number of nitrogens with zero attached hydrogens (tertiary/aromatic N) is 2. The van der Waals surface area contributed by atoms with Crippen molar-refractivity contribution in [1.82, 2.24) is 9.80 Å². The van der Waals surface area contributed by atoms with E-state index in [0.717, 1.165) is 45.7 Å². The summed E-state index contributed by atoms with van der Waals surface area (Å²) < 4.78 is 23.4. The van der Waals surface area contributed by atoms with Crippen LogP contribution in [0.15, 0.2) is 29.2 Å². The summed E-state index contributed by atoms with van der Waals surface area (Å²) in [5.41, 5.74) is 0.707. The number of benzene rings is 1. The lowest BCUT2D eigenvalue weighted by Crippen LogP contribution is -2.44. The molecule has 0 radical (unpaired) electrons. The Balaban J connectivity index is 1.79. The van der Waals surface area contributed by atoms with Gasteiger partial charge in [-0.15, -0.1) is 0 Å². The number of anilines is 1. The van der Waals surface area contributed by atoms with E-state index in [1.54, 1.807) is 12.1 Å². The van der Waals surface area contributed by atoms with Crippen molar-refractivity contribution < 1.29 is 8.42 Å². The quantitative estimate of drug-likeness (QED) is 0.799. The molecule has 1 saturated heterocycles. The smallest absolute Gasteiger partial charge is 0.177 e. The van der Waals surface area contributed by atoms with Crippen molar-refractivity contribution in [2.45, 2.75) is 11.3 Å². The van der Waals surface area contributed by atoms with Gasteiger partial charge in [-0.05, 0) is 32.1 Å². The molecule has 1 fully saturated rings. The fourth-order valence-electron chi connectivity index (χ4n) is 2.53. The highest BCUT2D eigenvalue weighted by Gasteiger charge is 2.14. The van der Waals surface area contributed by atoms with Gasteiger partial charge < -0.3 is 15.1 Å². The molecule has 1 aromatic carbocycles. The molecule has 5 nitrogen and oxygen atoms in total. The number of hydrogen-bond donors (Lipinski definition) is 1. The zero-order valence-electron chi connectivity index (χ0n) is 12.9. The van der Waals surface area contributed by atoms with Gasteiger partial charge in [0.05, 0.1) is 10.6 Å². The first kappa shape index (κ1) is 16.3. The molecule has 0 bridgehead atoms. The van der Waals surface area contributed by atoms with Gasteiger partial charge in [0.1, 0.15) is 0 Å². The van der Waals surface area contributed by atoms with E-state index in [1.165, 1.54) is 6.26 Å². The third-order valence-corrected chi connectivity index (χ3v) is 5.00. The van der Waals surface area contributed by atoms with E-state index in [2.05, 4.69) is 22.2 Å². The minimum absolute atomic E-state index is 0.379. The lowest BCUT2D eigenvalue weighted by atomic mass is 10.3. The second kappa shape index (κ2) is 7.24. The summed E-state index contributed by atoms with van der Waals surface area (Å²) >= 11 is 0. The summed E-state index contributed by atoms with van der Waals surface area (Å²) in [4.78, 5) is 5.19. The summed E-state index contributed by atoms with van der Waals surface area (Å²) in [6, 6.07) is 7.09. The molecule has 0 spiro atoms. The molecule has 0 saturated carbocycles. The van der Waals surface area contributed by atoms with Crippen LogP contribution in [0.25, 0.3) is 0 Å². The normalized spacial score (nSPS) is 17.8. The fourth-order valence-corrected chi connectivity index (χ4v) is 3.40. The Morgan fingerprint density at radius 3 is 2.48 bits per heavy atom. The van der Waals surface area contributed by atoms with Gasteiger partial charge in [-0.25, -0.2) is 8.42 Å². The van der Waals surface area contributed by atoms with Crippen molar-refractivity contribution in [2.75, 3.05) is 57.9 Å². The third kappa shape index (κ3) is 4.98. The van der Waals surface area contributed by atoms with Crippen LogP contribution in [0.2, 0.25) is 0 Å². The number of sulfone groups is 1. The Labute approximate surface area is 127 Å². The van der Waals surface area contributed by atoms with Gasteiger partial charge in [-0.2, -0.15) is 0 Å². The van der Waals surface area contributed by atoms with Crippen LogP contribution in [0, 0.1) is 0 Å². The van der Waals surface area contributed by atoms with E-state index >= 15 is 0 Å². The van der Waals surface area contributed by atoms with Crippen LogP contribution in [-0.2, 0) is 9.84 Å². The molecular weight excluding hydrogens is 286 g/mol. The van der Waals surface area contributed by atoms with Crippen LogP contribution in [0.1, 0.15) is 6.42 Å². The molecule has 0 aromatic heterocycles. The van der Waals surface area contributed by atoms with Gasteiger partial charge in [0.15, 0.2) is 9.84 Å². The maximum atomic E-state index is 11.7. The summed E-state index contributed by atoms with van der Waals surface area (Å²) in [6.07, 6.45) is 2.26. The van der Waals surface area contributed by atoms with Crippen LogP contribution in [0.5, 0.6) is 0 Å². The molecule has 1 heterocycles. The highest BCUT2D eigenvalue weighted by atomic mass is 32.2. The average Bonchev–Trinajstić information content (AvgIpc) is 2.45. The van der Waals surface area contributed by atoms with Crippen LogP contribution < -0.4 is 5.32 Å². The molecule has 1 aliphatic heterocycles. The molecule has 0 aliphatic carbocycles. The molecule has 1 aromatic rings. The van der Waals surface area contributed by atoms with Crippen molar-refractivity contribution >= 4 is 15.5 Å². The van der Waals surface area contributed by atoms with E-state index in [0.29, 0.717) is 10.6 Å². The van der Waals surface area contributed by atoms with E-state index in [9.17, 15) is 8.42 Å². The number of rotatable bonds is 6. The van der Waals surface area contributed by atoms with E-state index in [1.807, 2.05) is 12.1 Å². The summed E-state index contributed by atoms with van der Waals surface area (Å²) in [5.74, 6) is 0. The van der Waals surface area contributed by atoms with Gasteiger partial charge in [-0.1, -0.05) is 12.1 Å². The maximum absolute atomic E-state index is 11.7. The molecule has 0 atom stereocenters. The van der Waals surface area contributed by atoms with Gasteiger partial charge in [0, 0.05) is 39.0 Å². The number of para-hydroxylation sites is 1. The van der Waals surface area contributed by atoms with Crippen molar-refractivity contribution in [3.63, 3.8) is 0 Å². The summed E-state index contributed by atoms with van der Waals surface area (Å²) in [5, 5.41) is 3.25. The van der Waals surface area contributed by atoms with Crippen LogP contribution in [0.4, 0.5) is 5.69 Å². The van der Waals surface area contributed by atoms with Gasteiger partial charge >= 0.3 is 0 Å². The largest absolute Gasteiger partial charge is 0.384 e. The first-order valence-corrected chi connectivity index (χ1v) is 9.30. The molecule has 21 heavy (non-hydrogen) atoms. The Morgan fingerprint density at radius 1 is 1.14 bits per heavy atom. The SMILES string of the molecule is CN1CCN(CCCNc2ccccc2S(C)(=O)=O)CC1. The Morgan fingerprint density at radius 2 is 1.81 bits per heavy atom. The van der Waals surface area contributed by atoms with Gasteiger partial charge in [0.2, 0.25) is 0 Å². The molecule has 1 N–H and O–H groups in total. The number of likely N-dealkylation sites (N-methyl/N-ethyl adjacent to an activating group) is 1. The van der Waals surface area contributed by atoms with Crippen molar-refractivity contribution in [3.8, 4) is 0 Å². The fraction of sp³-hybridized carbons (Fsp3) is 0.600. The minimum Gasteiger partial charge on any atom is -0.384 e. The van der Waals surface area contributed by atoms with Crippen molar-refractivity contribution in [1.29, 1.82) is 0 Å². The molecular formula is C15H25N3O2S. The minimum atomic E-state index is -3.18. The van der Waals surface area contributed by atoms with Crippen molar-refractivity contribution in [3.05, 3.63) is 24.3 Å². The Kier molecular flexibility index (Phi) is 5.61. The maximum Gasteiger partial charge on any atom is 0.177 e. The molecule has 0 amide bonds. The highest BCUT2D eigenvalue weighted by Crippen LogP contribution is 2.20. The topological polar surface area (TPSA) is 52.6 Å². The second-order valence-electron chi connectivity index (χ2n) is 5.69. The van der Waals surface area contributed by atoms with Gasteiger partial charge in [-0.3, -0.25) is 0 Å². The zero-order chi connectivity index (χ0) is 15.3. The van der Waals surface area contributed by atoms with E-state index in [4.69, 9.17) is 0 Å². The zero-order valence-corrected chi connectivity index (χ0v) is 13.7. The van der Waals surface area contributed by atoms with Gasteiger partial charge in [0.25, 0.3) is 0 Å². The third-order valence-electron chi connectivity index (χ3n) is 3.85. The van der Waals surface area contributed by atoms with Crippen molar-refractivity contribution in [2.24, 2.45) is 0 Å². The molecule has 0 unspecified atom stereocenters. The Hall–Kier alpha value is -1.11. The van der Waals surface area contributed by atoms with Crippen LogP contribution in [-0.4, -0.2) is 70.8 Å². The average molecular weight is 311 g/mol. The highest BCUT2D eigenvalue weighted by molar-refractivity contribution is 7.90. The first-order chi connectivity index (χ1) is 9.97. The monoisotopic (exact) mass is 311 g/mol. The number of piperazine rings is 1. The van der Waals surface area contributed by atoms with E-state index in [-0.39, 0.29) is 0 Å². The molecule has 1 aliphatic rings. The predicted molar refractivity (Wildman–Crippen MR) is 86.6 cm³/mol. The lowest BCUT2D eigenvalue weighted by molar-refractivity contribution is 0.154. The molecule has 2 rings (SSSR count). The summed E-state index contributed by atoms with van der Waals surface area (Å²) in [7, 11) is -1.02. The summed E-state index contributed by atoms with van der Waals surface area (Å²) in [6.45, 7) is 6.35. The first-order valence-electron chi connectivity index (χ1n) is 7.40. The lowest BCUT2D eigenvalue weighted by Gasteiger charge is -2.32. The number of hydrogen-bond acceptors (Lipinski definition) is 5. The van der Waals surface area contributed by atoms with Crippen LogP contribution in [0.3, 0.4) is 0 Å². The van der Waals surface area contributed by atoms with E-state index < -0.39 is 9.84 Å². The predicted octanol–water partition coefficient (Wildman–Crippen LogP) is 1.14. The second-order valence-corrected chi connectivity index (χ2v) is 7.68. The van der Waals surface area contributed by atoms with Crippen LogP contribution >= 0.6 is 0 Å². The Bertz CT molecular complexity index is 552. The number of nitrogens with one attached hydrogen (secondary N) is 1. The standard InChI is InChI=1S/C15H25N3O2S/c1-17-10-12-18(13-11-17)9-5-8-16-14-6-3-4-7-15(14)21(2,19)20/h3-4,6-7,16H,5,8-13H2,1-2H3. The molecule has 118 valence electrons. The molecule has 6 heteroatoms.